The van der Waals surface area contributed by atoms with Gasteiger partial charge in [0.1, 0.15) is 12.7 Å². The molecule has 0 amide bonds. The zero-order valence-corrected chi connectivity index (χ0v) is 25.3. The van der Waals surface area contributed by atoms with Crippen LogP contribution in [0.5, 0.6) is 0 Å². The molecule has 2 aliphatic rings. The van der Waals surface area contributed by atoms with E-state index in [1.54, 1.807) is 12.7 Å². The first kappa shape index (κ1) is 26.0. The van der Waals surface area contributed by atoms with E-state index in [2.05, 4.69) is 170 Å². The highest BCUT2D eigenvalue weighted by Crippen LogP contribution is 2.48. The Morgan fingerprint density at radius 1 is 0.468 bits per heavy atom. The molecular weight excluding hydrogens is 573 g/mol. The molecule has 0 aliphatic carbocycles. The number of hydrogen-bond acceptors (Lipinski definition) is 5. The molecule has 0 atom stereocenters. The van der Waals surface area contributed by atoms with Gasteiger partial charge in [0, 0.05) is 50.5 Å². The third kappa shape index (κ3) is 3.82. The lowest BCUT2D eigenvalue weighted by Crippen LogP contribution is -2.61. The van der Waals surface area contributed by atoms with Crippen molar-refractivity contribution < 1.29 is 0 Å². The van der Waals surface area contributed by atoms with E-state index in [0.29, 0.717) is 5.82 Å². The van der Waals surface area contributed by atoms with Crippen molar-refractivity contribution in [1.29, 1.82) is 0 Å². The van der Waals surface area contributed by atoms with Crippen LogP contribution in [0, 0.1) is 0 Å². The molecule has 47 heavy (non-hydrogen) atoms. The Balaban J connectivity index is 1.41. The van der Waals surface area contributed by atoms with Crippen LogP contribution in [0.15, 0.2) is 158 Å². The SMILES string of the molecule is c1ccc(N2c3cc(-c4ncncn4)cc4c3B(c3ccc5ccccc5c32)c2ccc3ccccc3c2N4c2ccccc2)cc1. The minimum atomic E-state index is 0.00606. The summed E-state index contributed by atoms with van der Waals surface area (Å²) in [6.45, 7) is 0.00606. The molecule has 0 radical (unpaired) electrons. The van der Waals surface area contributed by atoms with Crippen molar-refractivity contribution in [2.24, 2.45) is 0 Å². The molecule has 5 nitrogen and oxygen atoms in total. The van der Waals surface area contributed by atoms with Gasteiger partial charge in [-0.05, 0) is 63.6 Å². The number of fused-ring (bicyclic) bond motifs is 8. The average Bonchev–Trinajstić information content (AvgIpc) is 3.15. The maximum atomic E-state index is 4.64. The summed E-state index contributed by atoms with van der Waals surface area (Å²) in [6, 6.07) is 52.7. The molecule has 7 aromatic carbocycles. The van der Waals surface area contributed by atoms with Gasteiger partial charge in [-0.25, -0.2) is 15.0 Å². The molecule has 2 aliphatic heterocycles. The standard InChI is InChI=1S/C41H26BN5/c1-3-13-30(14-4-1)46-36-23-29(41-44-25-43-26-45-41)24-37-38(36)42(34-21-19-27-11-7-9-17-32(27)39(34)46)35-22-20-28-12-8-10-18-33(28)40(35)47(37)31-15-5-2-6-16-31/h1-26H. The third-order valence-electron chi connectivity index (χ3n) is 9.62. The van der Waals surface area contributed by atoms with Gasteiger partial charge in [0.05, 0.1) is 0 Å². The average molecular weight is 600 g/mol. The Morgan fingerprint density at radius 3 is 1.45 bits per heavy atom. The minimum Gasteiger partial charge on any atom is -0.311 e. The van der Waals surface area contributed by atoms with Crippen LogP contribution in [0.4, 0.5) is 34.1 Å². The molecule has 0 fully saturated rings. The zero-order valence-electron chi connectivity index (χ0n) is 25.3. The highest BCUT2D eigenvalue weighted by Gasteiger charge is 2.44. The fraction of sp³-hybridized carbons (Fsp3) is 0. The fourth-order valence-corrected chi connectivity index (χ4v) is 7.73. The molecule has 0 bridgehead atoms. The number of nitrogens with zero attached hydrogens (tertiary/aromatic N) is 5. The van der Waals surface area contributed by atoms with Crippen LogP contribution in [-0.2, 0) is 0 Å². The fourth-order valence-electron chi connectivity index (χ4n) is 7.73. The van der Waals surface area contributed by atoms with Crippen molar-refractivity contribution in [3.05, 3.63) is 158 Å². The van der Waals surface area contributed by atoms with Gasteiger partial charge in [-0.15, -0.1) is 0 Å². The number of rotatable bonds is 3. The predicted octanol–water partition coefficient (Wildman–Crippen LogP) is 7.93. The number of aromatic nitrogens is 3. The number of para-hydroxylation sites is 2. The summed E-state index contributed by atoms with van der Waals surface area (Å²) in [4.78, 5) is 18.3. The summed E-state index contributed by atoms with van der Waals surface area (Å²) in [5, 5.41) is 4.87. The van der Waals surface area contributed by atoms with Gasteiger partial charge < -0.3 is 9.80 Å². The Labute approximate surface area is 272 Å². The maximum Gasteiger partial charge on any atom is 0.252 e. The van der Waals surface area contributed by atoms with Crippen LogP contribution in [-0.4, -0.2) is 21.7 Å². The first-order valence-corrected chi connectivity index (χ1v) is 15.9. The monoisotopic (exact) mass is 599 g/mol. The zero-order chi connectivity index (χ0) is 30.9. The largest absolute Gasteiger partial charge is 0.311 e. The lowest BCUT2D eigenvalue weighted by molar-refractivity contribution is 1.06. The Kier molecular flexibility index (Phi) is 5.60. The first-order chi connectivity index (χ1) is 23.3. The van der Waals surface area contributed by atoms with Crippen LogP contribution in [0.25, 0.3) is 32.9 Å². The molecule has 0 unspecified atom stereocenters. The van der Waals surface area contributed by atoms with Crippen molar-refractivity contribution in [2.75, 3.05) is 9.80 Å². The first-order valence-electron chi connectivity index (χ1n) is 15.9. The van der Waals surface area contributed by atoms with Crippen LogP contribution in [0.3, 0.4) is 0 Å². The summed E-state index contributed by atoms with van der Waals surface area (Å²) in [7, 11) is 0. The van der Waals surface area contributed by atoms with Crippen LogP contribution in [0.2, 0.25) is 0 Å². The minimum absolute atomic E-state index is 0.00606. The molecule has 8 aromatic rings. The van der Waals surface area contributed by atoms with Crippen molar-refractivity contribution in [3.8, 4) is 11.4 Å². The second-order valence-corrected chi connectivity index (χ2v) is 12.1. The second-order valence-electron chi connectivity index (χ2n) is 12.1. The van der Waals surface area contributed by atoms with Crippen LogP contribution >= 0.6 is 0 Å². The molecule has 10 rings (SSSR count). The summed E-state index contributed by atoms with van der Waals surface area (Å²) < 4.78 is 0. The quantitative estimate of drug-likeness (QED) is 0.193. The van der Waals surface area contributed by atoms with Crippen LogP contribution < -0.4 is 26.2 Å². The molecule has 218 valence electrons. The maximum absolute atomic E-state index is 4.64. The lowest BCUT2D eigenvalue weighted by atomic mass is 9.33. The topological polar surface area (TPSA) is 45.2 Å². The van der Waals surface area contributed by atoms with Crippen molar-refractivity contribution >= 4 is 78.8 Å². The van der Waals surface area contributed by atoms with Crippen molar-refractivity contribution in [2.45, 2.75) is 0 Å². The molecule has 3 heterocycles. The normalized spacial score (nSPS) is 13.0. The molecule has 6 heteroatoms. The number of hydrogen-bond donors (Lipinski definition) is 0. The number of benzene rings is 7. The van der Waals surface area contributed by atoms with Gasteiger partial charge in [-0.1, -0.05) is 109 Å². The van der Waals surface area contributed by atoms with Gasteiger partial charge in [-0.2, -0.15) is 0 Å². The molecule has 0 saturated carbocycles. The van der Waals surface area contributed by atoms with E-state index in [0.717, 1.165) is 28.3 Å². The van der Waals surface area contributed by atoms with Gasteiger partial charge >= 0.3 is 0 Å². The van der Waals surface area contributed by atoms with Gasteiger partial charge in [0.2, 0.25) is 0 Å². The van der Waals surface area contributed by atoms with E-state index in [1.165, 1.54) is 49.3 Å². The predicted molar refractivity (Wildman–Crippen MR) is 194 cm³/mol. The number of anilines is 6. The molecular formula is C41H26BN5. The van der Waals surface area contributed by atoms with E-state index >= 15 is 0 Å². The van der Waals surface area contributed by atoms with E-state index in [9.17, 15) is 0 Å². The van der Waals surface area contributed by atoms with Crippen molar-refractivity contribution in [1.82, 2.24) is 15.0 Å². The second kappa shape index (κ2) is 10.1. The molecule has 0 saturated heterocycles. The third-order valence-corrected chi connectivity index (χ3v) is 9.62. The summed E-state index contributed by atoms with van der Waals surface area (Å²) in [5.74, 6) is 0.643. The summed E-state index contributed by atoms with van der Waals surface area (Å²) in [5.41, 5.74) is 11.7. The van der Waals surface area contributed by atoms with Crippen LogP contribution in [0.1, 0.15) is 0 Å². The molecule has 0 spiro atoms. The molecule has 1 aromatic heterocycles. The highest BCUT2D eigenvalue weighted by atomic mass is 15.2. The van der Waals surface area contributed by atoms with E-state index in [4.69, 9.17) is 0 Å². The molecule has 0 N–H and O–H groups in total. The van der Waals surface area contributed by atoms with E-state index in [-0.39, 0.29) is 6.71 Å². The smallest absolute Gasteiger partial charge is 0.252 e. The van der Waals surface area contributed by atoms with E-state index < -0.39 is 0 Å². The highest BCUT2D eigenvalue weighted by molar-refractivity contribution is 7.00. The summed E-state index contributed by atoms with van der Waals surface area (Å²) >= 11 is 0. The Morgan fingerprint density at radius 2 is 0.936 bits per heavy atom. The Bertz CT molecular complexity index is 2330. The van der Waals surface area contributed by atoms with Gasteiger partial charge in [0.15, 0.2) is 5.82 Å². The van der Waals surface area contributed by atoms with Crippen molar-refractivity contribution in [3.63, 3.8) is 0 Å². The Hall–Kier alpha value is -6.27. The van der Waals surface area contributed by atoms with Gasteiger partial charge in [-0.3, -0.25) is 0 Å². The summed E-state index contributed by atoms with van der Waals surface area (Å²) in [6.07, 6.45) is 3.15. The lowest BCUT2D eigenvalue weighted by Gasteiger charge is -2.45. The van der Waals surface area contributed by atoms with E-state index in [1.807, 2.05) is 0 Å². The van der Waals surface area contributed by atoms with Gasteiger partial charge in [0.25, 0.3) is 6.71 Å².